The Bertz CT molecular complexity index is 409. The number of alkyl halides is 3. The summed E-state index contributed by atoms with van der Waals surface area (Å²) in [5, 5.41) is 2.28. The van der Waals surface area contributed by atoms with Crippen LogP contribution in [0.3, 0.4) is 0 Å². The van der Waals surface area contributed by atoms with Crippen LogP contribution in [0.5, 0.6) is 0 Å². The molecule has 0 aliphatic carbocycles. The van der Waals surface area contributed by atoms with E-state index < -0.39 is 33.9 Å². The van der Waals surface area contributed by atoms with Gasteiger partial charge in [0.1, 0.15) is 0 Å². The van der Waals surface area contributed by atoms with E-state index in [0.29, 0.717) is 0 Å². The molecule has 1 N–H and O–H groups in total. The smallest absolute Gasteiger partial charge is 0.313 e. The van der Waals surface area contributed by atoms with Crippen LogP contribution in [-0.4, -0.2) is 49.8 Å². The van der Waals surface area contributed by atoms with Crippen molar-refractivity contribution in [2.24, 2.45) is 5.92 Å². The van der Waals surface area contributed by atoms with E-state index in [2.05, 4.69) is 5.32 Å². The molecule has 0 spiro atoms. The maximum atomic E-state index is 12.7. The largest absolute Gasteiger partial charge is 0.393 e. The molecule has 8 heteroatoms. The van der Waals surface area contributed by atoms with Crippen LogP contribution in [0.4, 0.5) is 13.2 Å². The predicted molar refractivity (Wildman–Crippen MR) is 71.9 cm³/mol. The monoisotopic (exact) mass is 316 g/mol. The van der Waals surface area contributed by atoms with Crippen molar-refractivity contribution in [1.82, 2.24) is 9.62 Å². The average molecular weight is 316 g/mol. The Morgan fingerprint density at radius 3 is 2.40 bits per heavy atom. The second kappa shape index (κ2) is 6.62. The minimum atomic E-state index is -4.33. The van der Waals surface area contributed by atoms with Gasteiger partial charge in [0, 0.05) is 25.7 Å². The number of rotatable bonds is 5. The number of nitrogens with zero attached hydrogens (tertiary/aromatic N) is 1. The lowest BCUT2D eigenvalue weighted by molar-refractivity contribution is -0.182. The van der Waals surface area contributed by atoms with E-state index in [9.17, 15) is 21.6 Å². The van der Waals surface area contributed by atoms with Gasteiger partial charge in [-0.1, -0.05) is 13.8 Å². The molecule has 1 rings (SSSR count). The fraction of sp³-hybridized carbons (Fsp3) is 1.00. The van der Waals surface area contributed by atoms with Crippen LogP contribution in [0.15, 0.2) is 0 Å². The Balaban J connectivity index is 2.71. The molecule has 1 fully saturated rings. The Labute approximate surface area is 118 Å². The molecule has 4 nitrogen and oxygen atoms in total. The Kier molecular flexibility index (Phi) is 5.86. The first kappa shape index (κ1) is 17.7. The minimum Gasteiger partial charge on any atom is -0.313 e. The second-order valence-corrected chi connectivity index (χ2v) is 8.01. The topological polar surface area (TPSA) is 49.4 Å². The molecular weight excluding hydrogens is 293 g/mol. The summed E-state index contributed by atoms with van der Waals surface area (Å²) >= 11 is 0. The molecular formula is C12H23F3N2O2S. The summed E-state index contributed by atoms with van der Waals surface area (Å²) in [7, 11) is -3.68. The van der Waals surface area contributed by atoms with Crippen LogP contribution in [0.1, 0.15) is 33.6 Å². The quantitative estimate of drug-likeness (QED) is 0.844. The van der Waals surface area contributed by atoms with Crippen molar-refractivity contribution >= 4 is 10.0 Å². The van der Waals surface area contributed by atoms with Crippen molar-refractivity contribution in [2.45, 2.75) is 51.1 Å². The highest BCUT2D eigenvalue weighted by atomic mass is 32.2. The molecule has 1 heterocycles. The van der Waals surface area contributed by atoms with Crippen LogP contribution in [0.2, 0.25) is 0 Å². The van der Waals surface area contributed by atoms with E-state index in [1.165, 1.54) is 6.92 Å². The summed E-state index contributed by atoms with van der Waals surface area (Å²) in [5.41, 5.74) is 0. The lowest BCUT2D eigenvalue weighted by Gasteiger charge is -2.34. The van der Waals surface area contributed by atoms with Crippen molar-refractivity contribution in [3.63, 3.8) is 0 Å². The van der Waals surface area contributed by atoms with E-state index in [1.807, 2.05) is 13.8 Å². The van der Waals surface area contributed by atoms with E-state index in [4.69, 9.17) is 0 Å². The van der Waals surface area contributed by atoms with Gasteiger partial charge in [0.25, 0.3) is 0 Å². The summed E-state index contributed by atoms with van der Waals surface area (Å²) in [6.45, 7) is 5.29. The first-order valence-electron chi connectivity index (χ1n) is 6.84. The number of nitrogens with one attached hydrogen (secondary N) is 1. The van der Waals surface area contributed by atoms with Gasteiger partial charge >= 0.3 is 6.18 Å². The van der Waals surface area contributed by atoms with Gasteiger partial charge in [-0.05, 0) is 19.8 Å². The molecule has 2 unspecified atom stereocenters. The van der Waals surface area contributed by atoms with Gasteiger partial charge < -0.3 is 5.32 Å². The van der Waals surface area contributed by atoms with Gasteiger partial charge in [0.05, 0.1) is 11.2 Å². The van der Waals surface area contributed by atoms with Crippen molar-refractivity contribution < 1.29 is 21.6 Å². The first-order valence-corrected chi connectivity index (χ1v) is 8.34. The van der Waals surface area contributed by atoms with Gasteiger partial charge in [0.15, 0.2) is 0 Å². The lowest BCUT2D eigenvalue weighted by atomic mass is 9.99. The van der Waals surface area contributed by atoms with Crippen molar-refractivity contribution in [1.29, 1.82) is 0 Å². The molecule has 120 valence electrons. The number of piperidine rings is 1. The molecule has 0 amide bonds. The van der Waals surface area contributed by atoms with Crippen molar-refractivity contribution in [2.75, 3.05) is 19.6 Å². The van der Waals surface area contributed by atoms with E-state index >= 15 is 0 Å². The first-order chi connectivity index (χ1) is 9.05. The summed E-state index contributed by atoms with van der Waals surface area (Å²) in [4.78, 5) is 0. The molecule has 1 aliphatic rings. The maximum absolute atomic E-state index is 12.7. The highest BCUT2D eigenvalue weighted by Gasteiger charge is 2.44. The Morgan fingerprint density at radius 1 is 1.30 bits per heavy atom. The normalized spacial score (nSPS) is 24.1. The lowest BCUT2D eigenvalue weighted by Crippen LogP contribution is -2.49. The van der Waals surface area contributed by atoms with Crippen LogP contribution < -0.4 is 5.32 Å². The van der Waals surface area contributed by atoms with Gasteiger partial charge in [-0.15, -0.1) is 0 Å². The molecule has 0 bridgehead atoms. The zero-order valence-electron chi connectivity index (χ0n) is 12.1. The third-order valence-electron chi connectivity index (χ3n) is 3.53. The van der Waals surface area contributed by atoms with Crippen LogP contribution in [0, 0.1) is 5.92 Å². The number of halogens is 3. The minimum absolute atomic E-state index is 0.00808. The molecule has 0 radical (unpaired) electrons. The molecule has 2 atom stereocenters. The third-order valence-corrected chi connectivity index (χ3v) is 5.76. The fourth-order valence-corrected chi connectivity index (χ4v) is 3.79. The predicted octanol–water partition coefficient (Wildman–Crippen LogP) is 1.98. The highest BCUT2D eigenvalue weighted by Crippen LogP contribution is 2.34. The Hall–Kier alpha value is -0.340. The van der Waals surface area contributed by atoms with E-state index in [-0.39, 0.29) is 32.0 Å². The zero-order valence-corrected chi connectivity index (χ0v) is 12.9. The van der Waals surface area contributed by atoms with Crippen LogP contribution >= 0.6 is 0 Å². The molecule has 0 aromatic carbocycles. The number of sulfonamides is 1. The molecule has 20 heavy (non-hydrogen) atoms. The SMILES string of the molecule is CC(C)NCC(C)S(=O)(=O)N1CCCC(C(F)(F)F)C1. The third kappa shape index (κ3) is 4.60. The Morgan fingerprint density at radius 2 is 1.90 bits per heavy atom. The van der Waals surface area contributed by atoms with Gasteiger partial charge in [-0.3, -0.25) is 0 Å². The maximum Gasteiger partial charge on any atom is 0.393 e. The fourth-order valence-electron chi connectivity index (χ4n) is 2.20. The zero-order chi connectivity index (χ0) is 15.6. The van der Waals surface area contributed by atoms with Crippen LogP contribution in [0.25, 0.3) is 0 Å². The molecule has 0 aromatic heterocycles. The van der Waals surface area contributed by atoms with E-state index in [0.717, 1.165) is 4.31 Å². The summed E-state index contributed by atoms with van der Waals surface area (Å²) < 4.78 is 63.8. The molecule has 0 aromatic rings. The molecule has 1 aliphatic heterocycles. The summed E-state index contributed by atoms with van der Waals surface area (Å²) in [6.07, 6.45) is -4.06. The summed E-state index contributed by atoms with van der Waals surface area (Å²) in [5.74, 6) is -1.55. The standard InChI is InChI=1S/C12H23F3N2O2S/c1-9(2)16-7-10(3)20(18,19)17-6-4-5-11(8-17)12(13,14)15/h9-11,16H,4-8H2,1-3H3. The highest BCUT2D eigenvalue weighted by molar-refractivity contribution is 7.89. The van der Waals surface area contributed by atoms with Gasteiger partial charge in [-0.2, -0.15) is 13.2 Å². The van der Waals surface area contributed by atoms with Crippen LogP contribution in [-0.2, 0) is 10.0 Å². The second-order valence-electron chi connectivity index (χ2n) is 5.66. The van der Waals surface area contributed by atoms with Crippen molar-refractivity contribution in [3.8, 4) is 0 Å². The van der Waals surface area contributed by atoms with Crippen molar-refractivity contribution in [3.05, 3.63) is 0 Å². The average Bonchev–Trinajstić information content (AvgIpc) is 2.34. The summed E-state index contributed by atoms with van der Waals surface area (Å²) in [6, 6.07) is 0.136. The molecule has 0 saturated carbocycles. The van der Waals surface area contributed by atoms with Gasteiger partial charge in [0.2, 0.25) is 10.0 Å². The van der Waals surface area contributed by atoms with E-state index in [1.54, 1.807) is 0 Å². The van der Waals surface area contributed by atoms with Gasteiger partial charge in [-0.25, -0.2) is 12.7 Å². The number of hydrogen-bond donors (Lipinski definition) is 1. The number of hydrogen-bond acceptors (Lipinski definition) is 3. The molecule has 1 saturated heterocycles.